The summed E-state index contributed by atoms with van der Waals surface area (Å²) in [6, 6.07) is 12.0. The number of halogens is 1. The molecule has 0 radical (unpaired) electrons. The van der Waals surface area contributed by atoms with Crippen LogP contribution in [0.4, 0.5) is 9.59 Å². The zero-order chi connectivity index (χ0) is 28.3. The predicted molar refractivity (Wildman–Crippen MR) is 147 cm³/mol. The highest BCUT2D eigenvalue weighted by atomic mass is 35.5. The molecule has 0 bridgehead atoms. The fraction of sp³-hybridized carbons (Fsp3) is 0.357. The van der Waals surface area contributed by atoms with Gasteiger partial charge in [-0.2, -0.15) is 0 Å². The first-order chi connectivity index (χ1) is 17.6. The maximum Gasteiger partial charge on any atom is 0.419 e. The van der Waals surface area contributed by atoms with Crippen LogP contribution in [0.25, 0.3) is 10.9 Å². The van der Waals surface area contributed by atoms with E-state index in [-0.39, 0.29) is 11.7 Å². The number of carbonyl (C=O) groups is 3. The van der Waals surface area contributed by atoms with E-state index in [2.05, 4.69) is 10.6 Å². The lowest BCUT2D eigenvalue weighted by Gasteiger charge is -2.20. The molecule has 0 saturated carbocycles. The minimum atomic E-state index is -0.776. The Balaban J connectivity index is 1.85. The van der Waals surface area contributed by atoms with Crippen molar-refractivity contribution in [1.29, 1.82) is 5.41 Å². The van der Waals surface area contributed by atoms with Gasteiger partial charge in [0.2, 0.25) is 0 Å². The molecule has 2 aromatic carbocycles. The van der Waals surface area contributed by atoms with Gasteiger partial charge in [0.25, 0.3) is 5.91 Å². The zero-order valence-corrected chi connectivity index (χ0v) is 23.2. The summed E-state index contributed by atoms with van der Waals surface area (Å²) in [5.41, 5.74) is 0.740. The average molecular weight is 541 g/mol. The summed E-state index contributed by atoms with van der Waals surface area (Å²) in [4.78, 5) is 37.6. The van der Waals surface area contributed by atoms with E-state index in [0.717, 1.165) is 5.56 Å². The van der Waals surface area contributed by atoms with Gasteiger partial charge in [-0.1, -0.05) is 17.7 Å². The summed E-state index contributed by atoms with van der Waals surface area (Å²) in [6.45, 7) is 10.8. The van der Waals surface area contributed by atoms with Crippen molar-refractivity contribution in [2.24, 2.45) is 0 Å². The minimum Gasteiger partial charge on any atom is -0.444 e. The van der Waals surface area contributed by atoms with Gasteiger partial charge in [-0.05, 0) is 89.9 Å². The van der Waals surface area contributed by atoms with Gasteiger partial charge in [-0.25, -0.2) is 9.59 Å². The molecule has 3 aromatic rings. The lowest BCUT2D eigenvalue weighted by molar-refractivity contribution is 0.0540. The third-order valence-corrected chi connectivity index (χ3v) is 5.41. The van der Waals surface area contributed by atoms with E-state index < -0.39 is 23.4 Å². The normalized spacial score (nSPS) is 11.7. The molecule has 202 valence electrons. The first kappa shape index (κ1) is 28.7. The van der Waals surface area contributed by atoms with Crippen molar-refractivity contribution in [3.63, 3.8) is 0 Å². The number of carbonyl (C=O) groups excluding carboxylic acids is 3. The van der Waals surface area contributed by atoms with Gasteiger partial charge in [0.1, 0.15) is 17.0 Å². The van der Waals surface area contributed by atoms with E-state index in [0.29, 0.717) is 40.0 Å². The number of amidine groups is 1. The summed E-state index contributed by atoms with van der Waals surface area (Å²) in [5, 5.41) is 14.9. The Morgan fingerprint density at radius 1 is 0.947 bits per heavy atom. The van der Waals surface area contributed by atoms with E-state index in [1.807, 2.05) is 12.1 Å². The van der Waals surface area contributed by atoms with Crippen LogP contribution in [0.15, 0.2) is 48.7 Å². The number of hydrogen-bond donors (Lipinski definition) is 3. The number of nitrogens with one attached hydrogen (secondary N) is 3. The smallest absolute Gasteiger partial charge is 0.419 e. The summed E-state index contributed by atoms with van der Waals surface area (Å²) >= 11 is 5.88. The van der Waals surface area contributed by atoms with E-state index in [9.17, 15) is 14.4 Å². The predicted octanol–water partition coefficient (Wildman–Crippen LogP) is 5.90. The second-order valence-electron chi connectivity index (χ2n) is 10.8. The third kappa shape index (κ3) is 7.82. The molecule has 10 heteroatoms. The number of fused-ring (bicyclic) bond motifs is 1. The van der Waals surface area contributed by atoms with Gasteiger partial charge >= 0.3 is 12.2 Å². The molecule has 0 saturated heterocycles. The largest absolute Gasteiger partial charge is 0.444 e. The van der Waals surface area contributed by atoms with Gasteiger partial charge in [-0.15, -0.1) is 0 Å². The van der Waals surface area contributed by atoms with Crippen molar-refractivity contribution in [1.82, 2.24) is 15.2 Å². The topological polar surface area (TPSA) is 123 Å². The SMILES string of the molecule is CC(C)(C)OC(=O)NC(=N)c1cn(C(=O)OC(C)(C)C)c2ccc(CCNC(=O)c3ccc(Cl)cc3)cc12. The highest BCUT2D eigenvalue weighted by Gasteiger charge is 2.24. The van der Waals surface area contributed by atoms with Gasteiger partial charge < -0.3 is 14.8 Å². The summed E-state index contributed by atoms with van der Waals surface area (Å²) in [6.07, 6.45) is 0.576. The van der Waals surface area contributed by atoms with Crippen molar-refractivity contribution in [3.8, 4) is 0 Å². The van der Waals surface area contributed by atoms with Crippen molar-refractivity contribution in [2.75, 3.05) is 6.54 Å². The van der Waals surface area contributed by atoms with E-state index in [1.54, 1.807) is 71.9 Å². The van der Waals surface area contributed by atoms with Crippen molar-refractivity contribution in [3.05, 3.63) is 70.4 Å². The number of aromatic nitrogens is 1. The monoisotopic (exact) mass is 540 g/mol. The van der Waals surface area contributed by atoms with E-state index in [1.165, 1.54) is 10.8 Å². The Kier molecular flexibility index (Phi) is 8.51. The average Bonchev–Trinajstić information content (AvgIpc) is 3.16. The third-order valence-electron chi connectivity index (χ3n) is 5.16. The lowest BCUT2D eigenvalue weighted by Crippen LogP contribution is -2.36. The molecule has 0 atom stereocenters. The van der Waals surface area contributed by atoms with Gasteiger partial charge in [-0.3, -0.25) is 20.1 Å². The molecule has 0 aliphatic rings. The quantitative estimate of drug-likeness (QED) is 0.274. The van der Waals surface area contributed by atoms with Gasteiger partial charge in [0.15, 0.2) is 0 Å². The minimum absolute atomic E-state index is 0.220. The Hall–Kier alpha value is -3.85. The number of rotatable bonds is 5. The van der Waals surface area contributed by atoms with Crippen molar-refractivity contribution >= 4 is 46.4 Å². The molecule has 1 heterocycles. The molecule has 38 heavy (non-hydrogen) atoms. The molecule has 3 N–H and O–H groups in total. The summed E-state index contributed by atoms with van der Waals surface area (Å²) in [5.74, 6) is -0.442. The molecular weight excluding hydrogens is 508 g/mol. The molecule has 2 amide bonds. The first-order valence-corrected chi connectivity index (χ1v) is 12.5. The maximum absolute atomic E-state index is 12.9. The molecule has 0 aliphatic carbocycles. The van der Waals surface area contributed by atoms with Crippen LogP contribution >= 0.6 is 11.6 Å². The van der Waals surface area contributed by atoms with Crippen molar-refractivity contribution < 1.29 is 23.9 Å². The maximum atomic E-state index is 12.9. The second-order valence-corrected chi connectivity index (χ2v) is 11.2. The number of alkyl carbamates (subject to hydrolysis) is 1. The van der Waals surface area contributed by atoms with Crippen LogP contribution in [0, 0.1) is 5.41 Å². The van der Waals surface area contributed by atoms with Crippen LogP contribution in [-0.4, -0.2) is 46.2 Å². The number of benzene rings is 2. The Labute approximate surface area is 226 Å². The highest BCUT2D eigenvalue weighted by molar-refractivity contribution is 6.30. The Morgan fingerprint density at radius 2 is 1.58 bits per heavy atom. The molecular formula is C28H33ClN4O5. The number of hydrogen-bond acceptors (Lipinski definition) is 6. The second kappa shape index (κ2) is 11.3. The van der Waals surface area contributed by atoms with Gasteiger partial charge in [0, 0.05) is 34.3 Å². The van der Waals surface area contributed by atoms with Gasteiger partial charge in [0.05, 0.1) is 5.52 Å². The number of ether oxygens (including phenoxy) is 2. The fourth-order valence-electron chi connectivity index (χ4n) is 3.59. The highest BCUT2D eigenvalue weighted by Crippen LogP contribution is 2.25. The molecule has 9 nitrogen and oxygen atoms in total. The van der Waals surface area contributed by atoms with Crippen LogP contribution in [0.1, 0.15) is 63.0 Å². The van der Waals surface area contributed by atoms with Crippen molar-refractivity contribution in [2.45, 2.75) is 59.2 Å². The zero-order valence-electron chi connectivity index (χ0n) is 22.4. The van der Waals surface area contributed by atoms with Crippen LogP contribution < -0.4 is 10.6 Å². The van der Waals surface area contributed by atoms with Crippen LogP contribution in [0.5, 0.6) is 0 Å². The molecule has 3 rings (SSSR count). The van der Waals surface area contributed by atoms with Crippen LogP contribution in [0.2, 0.25) is 5.02 Å². The lowest BCUT2D eigenvalue weighted by atomic mass is 10.1. The molecule has 0 aliphatic heterocycles. The van der Waals surface area contributed by atoms with Crippen LogP contribution in [0.3, 0.4) is 0 Å². The fourth-order valence-corrected chi connectivity index (χ4v) is 3.72. The molecule has 0 fully saturated rings. The molecule has 0 spiro atoms. The first-order valence-electron chi connectivity index (χ1n) is 12.1. The van der Waals surface area contributed by atoms with E-state index in [4.69, 9.17) is 26.5 Å². The molecule has 1 aromatic heterocycles. The molecule has 0 unspecified atom stereocenters. The van der Waals surface area contributed by atoms with Crippen LogP contribution in [-0.2, 0) is 15.9 Å². The number of amides is 2. The number of nitrogens with zero attached hydrogens (tertiary/aromatic N) is 1. The standard InChI is InChI=1S/C28H33ClN4O5/c1-27(2,3)37-25(35)32-23(30)21-16-33(26(36)38-28(4,5)6)22-12-7-17(15-20(21)22)13-14-31-24(34)18-8-10-19(29)11-9-18/h7-12,15-16H,13-14H2,1-6H3,(H,31,34)(H2,30,32,35). The Morgan fingerprint density at radius 3 is 2.18 bits per heavy atom. The summed E-state index contributed by atoms with van der Waals surface area (Å²) < 4.78 is 12.1. The summed E-state index contributed by atoms with van der Waals surface area (Å²) in [7, 11) is 0. The Bertz CT molecular complexity index is 1360. The van der Waals surface area contributed by atoms with E-state index >= 15 is 0 Å².